The lowest BCUT2D eigenvalue weighted by molar-refractivity contribution is -0.164. The van der Waals surface area contributed by atoms with Gasteiger partial charge in [0.2, 0.25) is 16.8 Å². The van der Waals surface area contributed by atoms with E-state index in [2.05, 4.69) is 34.3 Å². The first kappa shape index (κ1) is 68.0. The van der Waals surface area contributed by atoms with Crippen molar-refractivity contribution in [2.75, 3.05) is 54.9 Å². The Morgan fingerprint density at radius 2 is 1.53 bits per heavy atom. The van der Waals surface area contributed by atoms with E-state index in [4.69, 9.17) is 33.1 Å². The minimum atomic E-state index is -2.01. The number of aromatic nitrogens is 1. The van der Waals surface area contributed by atoms with E-state index >= 15 is 4.79 Å². The largest absolute Gasteiger partial charge is 0.507 e. The summed E-state index contributed by atoms with van der Waals surface area (Å²) in [5, 5.41) is 41.4. The fourth-order valence-electron chi connectivity index (χ4n) is 11.9. The number of hydrogen-bond acceptors (Lipinski definition) is 21. The fraction of sp³-hybridized carbons (Fsp3) is 0.471. The van der Waals surface area contributed by atoms with E-state index in [1.54, 1.807) is 45.1 Å². The molecule has 0 saturated carbocycles. The number of nitrogens with one attached hydrogen (secondary N) is 2. The number of aliphatic hydroxyl groups excluding tert-OH is 2. The van der Waals surface area contributed by atoms with Crippen molar-refractivity contribution in [3.05, 3.63) is 109 Å². The van der Waals surface area contributed by atoms with Crippen LogP contribution in [-0.4, -0.2) is 131 Å². The summed E-state index contributed by atoms with van der Waals surface area (Å²) in [6.45, 7) is 22.2. The van der Waals surface area contributed by atoms with Crippen LogP contribution in [0.15, 0.2) is 86.5 Å². The second-order valence-electron chi connectivity index (χ2n) is 24.6. The van der Waals surface area contributed by atoms with Gasteiger partial charge in [0.15, 0.2) is 22.4 Å². The van der Waals surface area contributed by atoms with Gasteiger partial charge in [-0.15, -0.1) is 0 Å². The number of hydrogen-bond donors (Lipinski definition) is 5. The number of phenols is 1. The molecular formula is C68H81N5O18. The third-order valence-electron chi connectivity index (χ3n) is 17.4. The number of carbonyl (C=O) groups is 7. The summed E-state index contributed by atoms with van der Waals surface area (Å²) < 4.78 is 36.5. The van der Waals surface area contributed by atoms with Gasteiger partial charge in [0, 0.05) is 117 Å². The number of nitrogens with zero attached hydrogens (tertiary/aromatic N) is 3. The van der Waals surface area contributed by atoms with Gasteiger partial charge in [0.1, 0.15) is 47.5 Å². The summed E-state index contributed by atoms with van der Waals surface area (Å²) >= 11 is 0. The molecule has 9 rings (SSSR count). The number of aromatic hydroxyl groups is 1. The summed E-state index contributed by atoms with van der Waals surface area (Å²) in [6, 6.07) is 9.22. The first-order valence-corrected chi connectivity index (χ1v) is 30.7. The molecule has 4 aliphatic heterocycles. The molecule has 0 aliphatic carbocycles. The Hall–Kier alpha value is -8.96. The molecule has 1 aromatic heterocycles. The molecule has 1 saturated heterocycles. The summed E-state index contributed by atoms with van der Waals surface area (Å²) in [5.74, 6) is -10.2. The Balaban J connectivity index is 1.11. The molecule has 5 N–H and O–H groups in total. The molecule has 23 heteroatoms. The number of anilines is 3. The number of fused-ring (bicyclic) bond motifs is 14. The highest BCUT2D eigenvalue weighted by Gasteiger charge is 2.44. The number of allylic oxidation sites excluding steroid dienone is 3. The average molecular weight is 1260 g/mol. The number of amides is 2. The topological polar surface area (TPSA) is 317 Å². The maximum Gasteiger partial charge on any atom is 0.307 e. The number of esters is 3. The molecule has 0 unspecified atom stereocenters. The van der Waals surface area contributed by atoms with E-state index in [0.29, 0.717) is 48.5 Å². The molecular weight excluding hydrogens is 1170 g/mol. The number of ether oxygens (including phenoxy) is 5. The van der Waals surface area contributed by atoms with Crippen molar-refractivity contribution in [2.24, 2.45) is 35.5 Å². The second-order valence-corrected chi connectivity index (χ2v) is 24.6. The fourth-order valence-corrected chi connectivity index (χ4v) is 11.9. The van der Waals surface area contributed by atoms with Crippen molar-refractivity contribution >= 4 is 98.1 Å². The van der Waals surface area contributed by atoms with Gasteiger partial charge in [0.05, 0.1) is 41.9 Å². The van der Waals surface area contributed by atoms with Crippen molar-refractivity contribution in [3.8, 4) is 11.5 Å². The van der Waals surface area contributed by atoms with E-state index in [1.165, 1.54) is 70.4 Å². The minimum Gasteiger partial charge on any atom is -0.507 e. The maximum atomic E-state index is 15.1. The highest BCUT2D eigenvalue weighted by Crippen LogP contribution is 2.43. The molecule has 4 aliphatic rings. The zero-order valence-electron chi connectivity index (χ0n) is 53.2. The zero-order chi connectivity index (χ0) is 66.3. The van der Waals surface area contributed by atoms with Crippen molar-refractivity contribution < 1.29 is 77.0 Å². The number of rotatable bonds is 16. The standard InChI is InChI=1S/C68H81N5O18/c1-35(2)32-72-24-26-73(27-25-72)47-30-48(77)56-49(31-47)89-65-57(70-56)53-54-60(82)42(9)64-55(53)66(84)68(11,91-64)87-29-23-36(3)39(6)63(88-43(10)76)41(8)59(81)40(7)62(37(4)14-12-15-38(5)67(85)71-58(65)61(54)83)90-52(80)16-13-28-86-51(79)22-21-50(78)69-46-19-17-44(18-20-46)45(33-74)34-75/h12,14-15,17-20,23,29-31,33-37,39-41,45,59,62-63,81-82,84H,13,16,21-22,24-28,32H2,1-11H3,(H,69,78)(H,71,85)/b14-12+,29-23+,38-15-/t36-,37-,39+,40-,41+,59+,62-,63+,68-/m0/s1. The Labute approximate surface area is 526 Å². The van der Waals surface area contributed by atoms with E-state index in [9.17, 15) is 53.7 Å². The highest BCUT2D eigenvalue weighted by molar-refractivity contribution is 6.17. The minimum absolute atomic E-state index is 0.00150. The van der Waals surface area contributed by atoms with Crippen LogP contribution < -0.4 is 36.3 Å². The number of aliphatic hydroxyl groups is 2. The zero-order valence-corrected chi connectivity index (χ0v) is 53.2. The van der Waals surface area contributed by atoms with E-state index in [-0.39, 0.29) is 87.4 Å². The molecule has 9 atom stereocenters. The molecule has 1 fully saturated rings. The van der Waals surface area contributed by atoms with Crippen LogP contribution in [-0.2, 0) is 52.5 Å². The first-order valence-electron chi connectivity index (χ1n) is 30.7. The summed E-state index contributed by atoms with van der Waals surface area (Å²) in [5.41, 5.74) is -0.938. The van der Waals surface area contributed by atoms with Crippen LogP contribution >= 0.6 is 0 Å². The number of carbonyl (C=O) groups excluding carboxylic acids is 7. The SMILES string of the molecule is CC(=O)O[C@H]1[C@H](C)[C@H](O)[C@H](C)[C@@H](OC(=O)CCCOC(=O)CCC(=O)Nc2ccc(C(C=O)C=O)cc2)[C@@H](C)/C=C/C=C(/C)C(=O)Nc2c(=O)c3c(O)c(C)c4c(c3c3nc5c(=O)cc(N6CCN(CC(C)C)CC6)cc5oc23)=C(O)[C@@](C)(O/C=C/[C@H](C)[C@H]1C)O4. The monoisotopic (exact) mass is 1260 g/mol. The molecule has 23 nitrogen and oxygen atoms in total. The van der Waals surface area contributed by atoms with E-state index in [0.717, 1.165) is 19.6 Å². The lowest BCUT2D eigenvalue weighted by Gasteiger charge is -2.38. The van der Waals surface area contributed by atoms with Crippen molar-refractivity contribution in [1.29, 1.82) is 0 Å². The number of phenolic OH excluding ortho intramolecular Hbond substituents is 1. The number of benzene rings is 4. The van der Waals surface area contributed by atoms with Gasteiger partial charge in [-0.1, -0.05) is 78.8 Å². The summed E-state index contributed by atoms with van der Waals surface area (Å²) in [6.07, 6.45) is 4.65. The number of aldehydes is 2. The van der Waals surface area contributed by atoms with E-state index in [1.807, 2.05) is 13.8 Å². The van der Waals surface area contributed by atoms with Crippen LogP contribution in [0.3, 0.4) is 0 Å². The van der Waals surface area contributed by atoms with Gasteiger partial charge in [-0.2, -0.15) is 0 Å². The molecule has 5 aromatic rings. The van der Waals surface area contributed by atoms with Gasteiger partial charge < -0.3 is 68.5 Å². The van der Waals surface area contributed by atoms with Crippen LogP contribution in [0.25, 0.3) is 38.7 Å². The Morgan fingerprint density at radius 1 is 0.846 bits per heavy atom. The predicted octanol–water partition coefficient (Wildman–Crippen LogP) is 7.73. The highest BCUT2D eigenvalue weighted by atomic mass is 16.7. The molecule has 0 spiro atoms. The van der Waals surface area contributed by atoms with Crippen molar-refractivity contribution in [2.45, 2.75) is 132 Å². The molecule has 5 bridgehead atoms. The van der Waals surface area contributed by atoms with Crippen LogP contribution in [0.4, 0.5) is 17.1 Å². The third-order valence-corrected chi connectivity index (χ3v) is 17.4. The maximum absolute atomic E-state index is 15.1. The van der Waals surface area contributed by atoms with Crippen molar-refractivity contribution in [3.63, 3.8) is 0 Å². The van der Waals surface area contributed by atoms with Gasteiger partial charge in [-0.25, -0.2) is 4.98 Å². The Morgan fingerprint density at radius 3 is 2.19 bits per heavy atom. The van der Waals surface area contributed by atoms with Crippen molar-refractivity contribution in [1.82, 2.24) is 9.88 Å². The predicted molar refractivity (Wildman–Crippen MR) is 340 cm³/mol. The molecule has 2 amide bonds. The molecule has 4 aromatic carbocycles. The van der Waals surface area contributed by atoms with Gasteiger partial charge in [-0.05, 0) is 61.8 Å². The summed E-state index contributed by atoms with van der Waals surface area (Å²) in [7, 11) is 0. The molecule has 91 heavy (non-hydrogen) atoms. The summed E-state index contributed by atoms with van der Waals surface area (Å²) in [4.78, 5) is 127. The normalized spacial score (nSPS) is 24.7. The van der Waals surface area contributed by atoms with E-state index < -0.39 is 117 Å². The van der Waals surface area contributed by atoms with Gasteiger partial charge in [-0.3, -0.25) is 38.5 Å². The molecule has 486 valence electrons. The Kier molecular flexibility index (Phi) is 21.6. The number of piperazine rings is 1. The lowest BCUT2D eigenvalue weighted by atomic mass is 9.77. The lowest BCUT2D eigenvalue weighted by Crippen LogP contribution is -2.47. The smallest absolute Gasteiger partial charge is 0.307 e. The van der Waals surface area contributed by atoms with Crippen LogP contribution in [0.1, 0.15) is 112 Å². The average Bonchev–Trinajstić information content (AvgIpc) is 1.68. The first-order chi connectivity index (χ1) is 43.2. The van der Waals surface area contributed by atoms with Gasteiger partial charge in [0.25, 0.3) is 5.91 Å². The molecule has 0 radical (unpaired) electrons. The van der Waals surface area contributed by atoms with Crippen LogP contribution in [0.5, 0.6) is 11.5 Å². The van der Waals surface area contributed by atoms with Crippen LogP contribution in [0, 0.1) is 42.4 Å². The quantitative estimate of drug-likeness (QED) is 0.0120. The Bertz CT molecular complexity index is 3900. The van der Waals surface area contributed by atoms with Crippen LogP contribution in [0.2, 0.25) is 0 Å². The van der Waals surface area contributed by atoms with Gasteiger partial charge >= 0.3 is 23.7 Å². The third kappa shape index (κ3) is 15.1. The molecule has 5 heterocycles. The second kappa shape index (κ2) is 28.9.